The first-order valence-corrected chi connectivity index (χ1v) is 17.7. The number of fused-ring (bicyclic) bond motifs is 1. The standard InChI is InChI=1S/C35H30ClFN6O5S2/c1-48-34(46)29-28(39-31(32-38-12-15-49-32)40-30(29)26-11-4-21(37)16-27(26)36)19-41-13-14-42-23(17-41)18-43(35(42)47)22-5-9-25(10-6-22)50-24-7-2-20(3-8-24)33(44)45/h2-12,15-16,23,30H,13-14,17-19H2,1H3,(H,39,40)(H,44,45)/t23-,30-/m0/s1. The van der Waals surface area contributed by atoms with E-state index in [1.54, 1.807) is 35.4 Å². The van der Waals surface area contributed by atoms with Crippen LogP contribution in [0.5, 0.6) is 0 Å². The van der Waals surface area contributed by atoms with Crippen molar-refractivity contribution in [1.82, 2.24) is 20.1 Å². The lowest BCUT2D eigenvalue weighted by molar-refractivity contribution is -0.136. The first-order chi connectivity index (χ1) is 24.2. The number of nitrogens with one attached hydrogen (secondary N) is 1. The average molecular weight is 733 g/mol. The normalized spacial score (nSPS) is 19.3. The lowest BCUT2D eigenvalue weighted by Crippen LogP contribution is -2.53. The lowest BCUT2D eigenvalue weighted by atomic mass is 9.95. The van der Waals surface area contributed by atoms with Gasteiger partial charge in [-0.15, -0.1) is 11.3 Å². The van der Waals surface area contributed by atoms with E-state index in [1.165, 1.54) is 48.4 Å². The Morgan fingerprint density at radius 3 is 2.48 bits per heavy atom. The number of amidine groups is 1. The summed E-state index contributed by atoms with van der Waals surface area (Å²) in [6.45, 7) is 2.46. The quantitative estimate of drug-likeness (QED) is 0.201. The van der Waals surface area contributed by atoms with Crippen molar-refractivity contribution >= 4 is 64.2 Å². The van der Waals surface area contributed by atoms with E-state index in [1.807, 2.05) is 34.5 Å². The molecule has 50 heavy (non-hydrogen) atoms. The van der Waals surface area contributed by atoms with Crippen molar-refractivity contribution in [2.45, 2.75) is 21.9 Å². The highest BCUT2D eigenvalue weighted by atomic mass is 35.5. The van der Waals surface area contributed by atoms with Gasteiger partial charge in [0, 0.05) is 76.1 Å². The number of esters is 1. The van der Waals surface area contributed by atoms with Gasteiger partial charge in [0.25, 0.3) is 0 Å². The molecule has 0 radical (unpaired) electrons. The van der Waals surface area contributed by atoms with Crippen LogP contribution in [0.1, 0.15) is 27.0 Å². The fourth-order valence-electron chi connectivity index (χ4n) is 6.32. The van der Waals surface area contributed by atoms with Crippen LogP contribution in [0.4, 0.5) is 14.9 Å². The Bertz CT molecular complexity index is 2010. The van der Waals surface area contributed by atoms with E-state index < -0.39 is 23.8 Å². The number of nitrogens with zero attached hydrogens (tertiary/aromatic N) is 5. The van der Waals surface area contributed by atoms with Crippen LogP contribution in [0, 0.1) is 5.82 Å². The van der Waals surface area contributed by atoms with Gasteiger partial charge in [-0.05, 0) is 60.7 Å². The van der Waals surface area contributed by atoms with Gasteiger partial charge in [-0.25, -0.2) is 23.8 Å². The number of aromatic carboxylic acids is 1. The molecule has 1 aromatic heterocycles. The number of urea groups is 1. The molecule has 3 aliphatic heterocycles. The molecule has 2 fully saturated rings. The first kappa shape index (κ1) is 33.7. The van der Waals surface area contributed by atoms with E-state index >= 15 is 0 Å². The van der Waals surface area contributed by atoms with E-state index in [4.69, 9.17) is 26.4 Å². The second-order valence-corrected chi connectivity index (χ2v) is 14.2. The molecule has 0 aliphatic carbocycles. The van der Waals surface area contributed by atoms with Crippen molar-refractivity contribution in [3.05, 3.63) is 117 Å². The number of rotatable bonds is 9. The molecule has 4 aromatic rings. The van der Waals surface area contributed by atoms with E-state index in [0.717, 1.165) is 15.5 Å². The summed E-state index contributed by atoms with van der Waals surface area (Å²) in [6.07, 6.45) is 1.67. The molecule has 0 saturated carbocycles. The van der Waals surface area contributed by atoms with Gasteiger partial charge < -0.3 is 20.1 Å². The number of ether oxygens (including phenoxy) is 1. The number of hydrogen-bond acceptors (Lipinski definition) is 10. The monoisotopic (exact) mass is 732 g/mol. The van der Waals surface area contributed by atoms with E-state index in [0.29, 0.717) is 54.8 Å². The number of benzene rings is 3. The minimum atomic E-state index is -0.967. The van der Waals surface area contributed by atoms with Crippen molar-refractivity contribution in [2.24, 2.45) is 4.99 Å². The molecular formula is C35H30ClFN6O5S2. The molecule has 2 atom stereocenters. The number of carbonyl (C=O) groups is 3. The van der Waals surface area contributed by atoms with Gasteiger partial charge in [-0.2, -0.15) is 0 Å². The third-order valence-corrected chi connectivity index (χ3v) is 10.9. The number of aromatic nitrogens is 1. The Kier molecular flexibility index (Phi) is 9.60. The summed E-state index contributed by atoms with van der Waals surface area (Å²) in [5.41, 5.74) is 2.32. The SMILES string of the molecule is COC(=O)C1=C(CN2CCN3C(=O)N(c4ccc(Sc5ccc(C(=O)O)cc5)cc4)C[C@@H]3C2)NC(c2nccs2)=N[C@H]1c1ccc(F)cc1Cl. The van der Waals surface area contributed by atoms with Crippen molar-refractivity contribution in [3.63, 3.8) is 0 Å². The van der Waals surface area contributed by atoms with Gasteiger partial charge in [-0.3, -0.25) is 14.8 Å². The Morgan fingerprint density at radius 2 is 1.82 bits per heavy atom. The number of methoxy groups -OCH3 is 1. The molecule has 2 saturated heterocycles. The Balaban J connectivity index is 1.09. The number of amides is 2. The van der Waals surface area contributed by atoms with Crippen molar-refractivity contribution in [1.29, 1.82) is 0 Å². The zero-order chi connectivity index (χ0) is 34.9. The summed E-state index contributed by atoms with van der Waals surface area (Å²) in [7, 11) is 1.30. The summed E-state index contributed by atoms with van der Waals surface area (Å²) in [4.78, 5) is 55.0. The summed E-state index contributed by atoms with van der Waals surface area (Å²) in [5, 5.41) is 15.1. The second-order valence-electron chi connectivity index (χ2n) is 11.8. The summed E-state index contributed by atoms with van der Waals surface area (Å²) >= 11 is 9.40. The van der Waals surface area contributed by atoms with Crippen molar-refractivity contribution in [3.8, 4) is 0 Å². The number of anilines is 1. The molecule has 2 N–H and O–H groups in total. The topological polar surface area (TPSA) is 128 Å². The van der Waals surface area contributed by atoms with Gasteiger partial charge in [-0.1, -0.05) is 29.4 Å². The fraction of sp³-hybridized carbons (Fsp3) is 0.229. The molecule has 2 amide bonds. The smallest absolute Gasteiger partial charge is 0.338 e. The number of halogens is 2. The van der Waals surface area contributed by atoms with E-state index in [2.05, 4.69) is 15.2 Å². The molecule has 0 spiro atoms. The third kappa shape index (κ3) is 6.84. The maximum atomic E-state index is 14.0. The predicted molar refractivity (Wildman–Crippen MR) is 189 cm³/mol. The highest BCUT2D eigenvalue weighted by molar-refractivity contribution is 7.99. The largest absolute Gasteiger partial charge is 0.478 e. The Hall–Kier alpha value is -4.76. The predicted octanol–water partition coefficient (Wildman–Crippen LogP) is 5.93. The summed E-state index contributed by atoms with van der Waals surface area (Å²) < 4.78 is 19.2. The minimum absolute atomic E-state index is 0.0613. The fourth-order valence-corrected chi connectivity index (χ4v) is 7.99. The van der Waals surface area contributed by atoms with Crippen LogP contribution in [0.15, 0.2) is 104 Å². The molecule has 0 bridgehead atoms. The van der Waals surface area contributed by atoms with E-state index in [-0.39, 0.29) is 28.2 Å². The molecule has 256 valence electrons. The zero-order valence-electron chi connectivity index (χ0n) is 26.6. The molecule has 3 aliphatic rings. The molecule has 0 unspecified atom stereocenters. The van der Waals surface area contributed by atoms with Crippen LogP contribution in [-0.4, -0.2) is 89.6 Å². The number of hydrogen-bond donors (Lipinski definition) is 2. The number of carbonyl (C=O) groups excluding carboxylic acids is 2. The van der Waals surface area contributed by atoms with Crippen LogP contribution in [-0.2, 0) is 9.53 Å². The van der Waals surface area contributed by atoms with Crippen molar-refractivity contribution in [2.75, 3.05) is 44.7 Å². The number of thiazole rings is 1. The summed E-state index contributed by atoms with van der Waals surface area (Å²) in [6, 6.07) is 17.4. The zero-order valence-corrected chi connectivity index (χ0v) is 29.0. The maximum Gasteiger partial charge on any atom is 0.338 e. The highest BCUT2D eigenvalue weighted by Gasteiger charge is 2.42. The van der Waals surface area contributed by atoms with Crippen LogP contribution < -0.4 is 10.2 Å². The van der Waals surface area contributed by atoms with Crippen LogP contribution in [0.2, 0.25) is 5.02 Å². The molecule has 4 heterocycles. The Labute approximate surface area is 300 Å². The van der Waals surface area contributed by atoms with Gasteiger partial charge in [0.1, 0.15) is 11.9 Å². The van der Waals surface area contributed by atoms with Gasteiger partial charge in [0.05, 0.1) is 24.3 Å². The highest BCUT2D eigenvalue weighted by Crippen LogP contribution is 2.37. The number of piperazine rings is 1. The Morgan fingerprint density at radius 1 is 1.08 bits per heavy atom. The third-order valence-electron chi connectivity index (χ3n) is 8.73. The van der Waals surface area contributed by atoms with Gasteiger partial charge in [0.15, 0.2) is 10.8 Å². The first-order valence-electron chi connectivity index (χ1n) is 15.6. The second kappa shape index (κ2) is 14.2. The van der Waals surface area contributed by atoms with Crippen LogP contribution in [0.3, 0.4) is 0 Å². The van der Waals surface area contributed by atoms with Crippen LogP contribution >= 0.6 is 34.7 Å². The number of aliphatic imine (C=N–C) groups is 1. The molecule has 7 rings (SSSR count). The number of carboxylic acid groups (broad SMARTS) is 1. The number of carboxylic acids is 1. The molecule has 15 heteroatoms. The molecule has 11 nitrogen and oxygen atoms in total. The van der Waals surface area contributed by atoms with Crippen molar-refractivity contribution < 1.29 is 28.6 Å². The summed E-state index contributed by atoms with van der Waals surface area (Å²) in [5.74, 6) is -1.59. The molecule has 3 aromatic carbocycles. The maximum absolute atomic E-state index is 14.0. The average Bonchev–Trinajstić information content (AvgIpc) is 3.77. The van der Waals surface area contributed by atoms with Gasteiger partial charge in [0.2, 0.25) is 0 Å². The molecular weight excluding hydrogens is 703 g/mol. The lowest BCUT2D eigenvalue weighted by Gasteiger charge is -2.38. The van der Waals surface area contributed by atoms with Gasteiger partial charge >= 0.3 is 18.0 Å². The minimum Gasteiger partial charge on any atom is -0.478 e. The van der Waals surface area contributed by atoms with Crippen LogP contribution in [0.25, 0.3) is 0 Å². The van der Waals surface area contributed by atoms with E-state index in [9.17, 15) is 18.8 Å².